The van der Waals surface area contributed by atoms with Gasteiger partial charge in [-0.1, -0.05) is 13.3 Å². The number of nitrogens with zero attached hydrogens (tertiary/aromatic N) is 3. The van der Waals surface area contributed by atoms with E-state index < -0.39 is 12.0 Å². The summed E-state index contributed by atoms with van der Waals surface area (Å²) >= 11 is 0. The molecule has 0 unspecified atom stereocenters. The molecule has 24 heavy (non-hydrogen) atoms. The van der Waals surface area contributed by atoms with Gasteiger partial charge in [-0.3, -0.25) is 0 Å². The van der Waals surface area contributed by atoms with Crippen molar-refractivity contribution in [2.45, 2.75) is 44.7 Å². The van der Waals surface area contributed by atoms with Crippen LogP contribution in [0.5, 0.6) is 0 Å². The number of hydrogen-bond donors (Lipinski definition) is 0. The van der Waals surface area contributed by atoms with Gasteiger partial charge in [0.2, 0.25) is 5.82 Å². The predicted molar refractivity (Wildman–Crippen MR) is 79.3 cm³/mol. The molecule has 1 aliphatic heterocycles. The van der Waals surface area contributed by atoms with Crippen molar-refractivity contribution in [3.8, 4) is 0 Å². The van der Waals surface area contributed by atoms with Crippen LogP contribution in [0.4, 0.5) is 18.0 Å². The van der Waals surface area contributed by atoms with Crippen molar-refractivity contribution in [1.82, 2.24) is 14.9 Å². The third-order valence-electron chi connectivity index (χ3n) is 4.79. The van der Waals surface area contributed by atoms with E-state index in [4.69, 9.17) is 4.74 Å². The summed E-state index contributed by atoms with van der Waals surface area (Å²) in [5.74, 6) is -0.935. The molecule has 1 saturated carbocycles. The molecule has 0 radical (unpaired) electrons. The Morgan fingerprint density at radius 2 is 1.96 bits per heavy atom. The number of alkyl halides is 3. The molecular weight excluding hydrogens is 323 g/mol. The third-order valence-corrected chi connectivity index (χ3v) is 4.79. The molecule has 1 saturated heterocycles. The molecule has 0 bridgehead atoms. The molecule has 2 heterocycles. The van der Waals surface area contributed by atoms with Crippen molar-refractivity contribution in [2.75, 3.05) is 19.7 Å². The second-order valence-electron chi connectivity index (χ2n) is 6.77. The third kappa shape index (κ3) is 3.32. The number of ether oxygens (including phenoxy) is 1. The Morgan fingerprint density at radius 3 is 2.50 bits per heavy atom. The minimum atomic E-state index is -4.51. The molecule has 0 aromatic carbocycles. The summed E-state index contributed by atoms with van der Waals surface area (Å²) in [6.45, 7) is 3.81. The van der Waals surface area contributed by atoms with Gasteiger partial charge in [-0.25, -0.2) is 14.8 Å². The quantitative estimate of drug-likeness (QED) is 0.784. The van der Waals surface area contributed by atoms with E-state index in [9.17, 15) is 18.0 Å². The largest absolute Gasteiger partial charge is 0.451 e. The Balaban J connectivity index is 1.46. The van der Waals surface area contributed by atoms with Gasteiger partial charge < -0.3 is 9.64 Å². The van der Waals surface area contributed by atoms with E-state index in [1.54, 1.807) is 4.90 Å². The minimum absolute atomic E-state index is 0.0944. The monoisotopic (exact) mass is 343 g/mol. The van der Waals surface area contributed by atoms with Gasteiger partial charge in [0.25, 0.3) is 0 Å². The average Bonchev–Trinajstić information content (AvgIpc) is 2.44. The Bertz CT molecular complexity index is 590. The van der Waals surface area contributed by atoms with Gasteiger partial charge in [0.05, 0.1) is 6.61 Å². The van der Waals surface area contributed by atoms with E-state index in [-0.39, 0.29) is 17.4 Å². The molecule has 132 valence electrons. The van der Waals surface area contributed by atoms with Gasteiger partial charge in [-0.2, -0.15) is 13.2 Å². The van der Waals surface area contributed by atoms with Crippen LogP contribution >= 0.6 is 0 Å². The average molecular weight is 343 g/mol. The van der Waals surface area contributed by atoms with Crippen molar-refractivity contribution in [2.24, 2.45) is 5.41 Å². The van der Waals surface area contributed by atoms with Crippen LogP contribution in [0.15, 0.2) is 12.4 Å². The fourth-order valence-corrected chi connectivity index (χ4v) is 3.46. The van der Waals surface area contributed by atoms with Crippen LogP contribution in [0.25, 0.3) is 0 Å². The summed E-state index contributed by atoms with van der Waals surface area (Å²) in [6, 6.07) is 0. The molecule has 0 N–H and O–H groups in total. The standard InChI is InChI=1S/C16H20F3N3O2/c1-2-3-4-24-14(23)22-9-15(10-22)5-11(6-15)12-7-20-13(21-8-12)16(17,18)19/h7-8,11H,2-6,9-10H2,1H3. The maximum atomic E-state index is 12.5. The highest BCUT2D eigenvalue weighted by Crippen LogP contribution is 2.56. The summed E-state index contributed by atoms with van der Waals surface area (Å²) in [7, 11) is 0. The lowest BCUT2D eigenvalue weighted by Gasteiger charge is -2.58. The fraction of sp³-hybridized carbons (Fsp3) is 0.688. The van der Waals surface area contributed by atoms with Crippen LogP contribution in [0, 0.1) is 5.41 Å². The van der Waals surface area contributed by atoms with E-state index in [1.165, 1.54) is 12.4 Å². The van der Waals surface area contributed by atoms with Crippen LogP contribution < -0.4 is 0 Å². The first-order valence-corrected chi connectivity index (χ1v) is 8.14. The maximum absolute atomic E-state index is 12.5. The van der Waals surface area contributed by atoms with Crippen molar-refractivity contribution >= 4 is 6.09 Å². The molecule has 2 aliphatic rings. The minimum Gasteiger partial charge on any atom is -0.449 e. The molecule has 1 spiro atoms. The lowest BCUT2D eigenvalue weighted by atomic mass is 9.56. The summed E-state index contributed by atoms with van der Waals surface area (Å²) in [5, 5.41) is 0. The molecule has 8 heteroatoms. The van der Waals surface area contributed by atoms with Gasteiger partial charge in [0.15, 0.2) is 0 Å². The van der Waals surface area contributed by atoms with E-state index in [1.807, 2.05) is 6.92 Å². The number of likely N-dealkylation sites (tertiary alicyclic amines) is 1. The SMILES string of the molecule is CCCCOC(=O)N1CC2(CC(c3cnc(C(F)(F)F)nc3)C2)C1. The first kappa shape index (κ1) is 17.0. The number of aromatic nitrogens is 2. The maximum Gasteiger partial charge on any atom is 0.451 e. The van der Waals surface area contributed by atoms with Crippen LogP contribution in [0.1, 0.15) is 49.9 Å². The van der Waals surface area contributed by atoms with Gasteiger partial charge in [-0.15, -0.1) is 0 Å². The molecule has 3 rings (SSSR count). The summed E-state index contributed by atoms with van der Waals surface area (Å²) in [5.41, 5.74) is 0.828. The summed E-state index contributed by atoms with van der Waals surface area (Å²) < 4.78 is 42.5. The number of unbranched alkanes of at least 4 members (excludes halogenated alkanes) is 1. The van der Waals surface area contributed by atoms with Crippen LogP contribution in [-0.4, -0.2) is 40.7 Å². The number of carbonyl (C=O) groups is 1. The number of rotatable bonds is 4. The molecule has 1 aromatic heterocycles. The van der Waals surface area contributed by atoms with Gasteiger partial charge >= 0.3 is 12.3 Å². The normalized spacial score (nSPS) is 19.8. The van der Waals surface area contributed by atoms with Crippen molar-refractivity contribution in [3.63, 3.8) is 0 Å². The van der Waals surface area contributed by atoms with E-state index in [0.717, 1.165) is 31.2 Å². The zero-order valence-corrected chi connectivity index (χ0v) is 13.5. The van der Waals surface area contributed by atoms with Gasteiger partial charge in [0.1, 0.15) is 0 Å². The number of carbonyl (C=O) groups excluding carboxylic acids is 1. The highest BCUT2D eigenvalue weighted by molar-refractivity contribution is 5.69. The van der Waals surface area contributed by atoms with E-state index >= 15 is 0 Å². The van der Waals surface area contributed by atoms with Crippen molar-refractivity contribution < 1.29 is 22.7 Å². The zero-order valence-electron chi connectivity index (χ0n) is 13.5. The van der Waals surface area contributed by atoms with Crippen LogP contribution in [-0.2, 0) is 10.9 Å². The van der Waals surface area contributed by atoms with Crippen molar-refractivity contribution in [1.29, 1.82) is 0 Å². The molecule has 0 atom stereocenters. The number of hydrogen-bond acceptors (Lipinski definition) is 4. The fourth-order valence-electron chi connectivity index (χ4n) is 3.46. The molecule has 1 aliphatic carbocycles. The highest BCUT2D eigenvalue weighted by atomic mass is 19.4. The lowest BCUT2D eigenvalue weighted by molar-refractivity contribution is -0.145. The molecule has 1 aromatic rings. The van der Waals surface area contributed by atoms with Crippen LogP contribution in [0.3, 0.4) is 0 Å². The second kappa shape index (κ2) is 6.22. The Kier molecular flexibility index (Phi) is 4.40. The molecule has 5 nitrogen and oxygen atoms in total. The summed E-state index contributed by atoms with van der Waals surface area (Å²) in [4.78, 5) is 20.3. The molecule has 1 amide bonds. The van der Waals surface area contributed by atoms with Gasteiger partial charge in [-0.05, 0) is 30.7 Å². The Morgan fingerprint density at radius 1 is 1.33 bits per heavy atom. The lowest BCUT2D eigenvalue weighted by Crippen LogP contribution is -2.63. The first-order valence-electron chi connectivity index (χ1n) is 8.14. The summed E-state index contributed by atoms with van der Waals surface area (Å²) in [6.07, 6.45) is 1.29. The Labute approximate surface area is 138 Å². The number of amides is 1. The zero-order chi connectivity index (χ0) is 17.4. The van der Waals surface area contributed by atoms with Crippen molar-refractivity contribution in [3.05, 3.63) is 23.8 Å². The van der Waals surface area contributed by atoms with Gasteiger partial charge in [0, 0.05) is 30.9 Å². The second-order valence-corrected chi connectivity index (χ2v) is 6.77. The smallest absolute Gasteiger partial charge is 0.449 e. The topological polar surface area (TPSA) is 55.3 Å². The predicted octanol–water partition coefficient (Wildman–Crippen LogP) is 3.61. The molecular formula is C16H20F3N3O2. The number of halogens is 3. The van der Waals surface area contributed by atoms with E-state index in [2.05, 4.69) is 9.97 Å². The first-order chi connectivity index (χ1) is 11.3. The highest BCUT2D eigenvalue weighted by Gasteiger charge is 2.54. The van der Waals surface area contributed by atoms with E-state index in [0.29, 0.717) is 19.7 Å². The Hall–Kier alpha value is -1.86. The van der Waals surface area contributed by atoms with Crippen LogP contribution in [0.2, 0.25) is 0 Å². The molecule has 2 fully saturated rings.